The highest BCUT2D eigenvalue weighted by Crippen LogP contribution is 2.28. The molecule has 98 valence electrons. The van der Waals surface area contributed by atoms with Gasteiger partial charge in [0.1, 0.15) is 0 Å². The third kappa shape index (κ3) is 2.56. The van der Waals surface area contributed by atoms with Crippen molar-refractivity contribution in [2.24, 2.45) is 0 Å². The minimum absolute atomic E-state index is 0.323. The highest BCUT2D eigenvalue weighted by molar-refractivity contribution is 5.92. The molecule has 5 nitrogen and oxygen atoms in total. The van der Waals surface area contributed by atoms with Crippen LogP contribution in [-0.4, -0.2) is 36.9 Å². The van der Waals surface area contributed by atoms with Crippen LogP contribution in [0.1, 0.15) is 23.7 Å². The highest BCUT2D eigenvalue weighted by atomic mass is 16.5. The smallest absolute Gasteiger partial charge is 0.338 e. The van der Waals surface area contributed by atoms with Gasteiger partial charge in [-0.15, -0.1) is 0 Å². The van der Waals surface area contributed by atoms with Gasteiger partial charge >= 0.3 is 5.97 Å². The Morgan fingerprint density at radius 3 is 3.00 bits per heavy atom. The lowest BCUT2D eigenvalue weighted by Gasteiger charge is -2.20. The molecule has 1 unspecified atom stereocenters. The number of esters is 1. The van der Waals surface area contributed by atoms with Crippen LogP contribution in [0.4, 0.5) is 11.4 Å². The molecule has 0 saturated carbocycles. The van der Waals surface area contributed by atoms with Gasteiger partial charge in [0.05, 0.1) is 29.6 Å². The molecule has 0 bridgehead atoms. The van der Waals surface area contributed by atoms with Crippen LogP contribution in [-0.2, 0) is 4.74 Å². The zero-order chi connectivity index (χ0) is 13.1. The average molecular weight is 250 g/mol. The van der Waals surface area contributed by atoms with Gasteiger partial charge in [0.25, 0.3) is 0 Å². The summed E-state index contributed by atoms with van der Waals surface area (Å²) in [7, 11) is 0. The number of nitrogen functional groups attached to an aromatic ring is 1. The van der Waals surface area contributed by atoms with E-state index in [-0.39, 0.29) is 12.1 Å². The molecular weight excluding hydrogens is 232 g/mol. The highest BCUT2D eigenvalue weighted by Gasteiger charge is 2.22. The number of nitrogens with two attached hydrogens (primary N) is 1. The van der Waals surface area contributed by atoms with E-state index >= 15 is 0 Å². The second-order valence-corrected chi connectivity index (χ2v) is 4.38. The number of hydrogen-bond donors (Lipinski definition) is 2. The normalized spacial score (nSPS) is 19.0. The van der Waals surface area contributed by atoms with E-state index < -0.39 is 0 Å². The van der Waals surface area contributed by atoms with Crippen LogP contribution in [0.25, 0.3) is 0 Å². The molecule has 1 aromatic carbocycles. The molecule has 2 rings (SSSR count). The molecule has 0 radical (unpaired) electrons. The number of aliphatic hydroxyl groups excluding tert-OH is 1. The van der Waals surface area contributed by atoms with Crippen molar-refractivity contribution in [1.29, 1.82) is 0 Å². The fourth-order valence-electron chi connectivity index (χ4n) is 2.12. The summed E-state index contributed by atoms with van der Waals surface area (Å²) in [5.74, 6) is -0.349. The van der Waals surface area contributed by atoms with Crippen molar-refractivity contribution in [3.8, 4) is 0 Å². The van der Waals surface area contributed by atoms with Crippen LogP contribution in [0, 0.1) is 0 Å². The third-order valence-corrected chi connectivity index (χ3v) is 3.05. The maximum absolute atomic E-state index is 11.7. The summed E-state index contributed by atoms with van der Waals surface area (Å²) in [6, 6.07) is 5.08. The Kier molecular flexibility index (Phi) is 3.72. The Bertz CT molecular complexity index is 448. The standard InChI is InChI=1S/C13H18N2O3/c1-2-18-13(17)9-3-4-11(14)12(7-9)15-6-5-10(16)8-15/h3-4,7,10,16H,2,5-6,8,14H2,1H3. The van der Waals surface area contributed by atoms with Crippen molar-refractivity contribution in [2.45, 2.75) is 19.4 Å². The van der Waals surface area contributed by atoms with Gasteiger partial charge in [-0.3, -0.25) is 0 Å². The molecule has 1 aliphatic rings. The van der Waals surface area contributed by atoms with Gasteiger partial charge in [0.2, 0.25) is 0 Å². The molecule has 0 spiro atoms. The van der Waals surface area contributed by atoms with Gasteiger partial charge in [0, 0.05) is 13.1 Å². The van der Waals surface area contributed by atoms with E-state index in [2.05, 4.69) is 0 Å². The van der Waals surface area contributed by atoms with E-state index in [0.29, 0.717) is 24.4 Å². The number of nitrogens with zero attached hydrogens (tertiary/aromatic N) is 1. The Morgan fingerprint density at radius 1 is 1.61 bits per heavy atom. The zero-order valence-corrected chi connectivity index (χ0v) is 10.4. The van der Waals surface area contributed by atoms with Crippen molar-refractivity contribution >= 4 is 17.3 Å². The van der Waals surface area contributed by atoms with Gasteiger partial charge in [-0.25, -0.2) is 4.79 Å². The average Bonchev–Trinajstić information content (AvgIpc) is 2.76. The number of aliphatic hydroxyl groups is 1. The molecule has 0 amide bonds. The predicted octanol–water partition coefficient (Wildman–Crippen LogP) is 1.02. The lowest BCUT2D eigenvalue weighted by molar-refractivity contribution is 0.0526. The summed E-state index contributed by atoms with van der Waals surface area (Å²) in [6.07, 6.45) is 0.402. The molecule has 1 fully saturated rings. The predicted molar refractivity (Wildman–Crippen MR) is 69.6 cm³/mol. The summed E-state index contributed by atoms with van der Waals surface area (Å²) in [5, 5.41) is 9.54. The van der Waals surface area contributed by atoms with Crippen LogP contribution in [0.5, 0.6) is 0 Å². The van der Waals surface area contributed by atoms with Crippen molar-refractivity contribution in [2.75, 3.05) is 30.3 Å². The molecular formula is C13H18N2O3. The Balaban J connectivity index is 2.24. The topological polar surface area (TPSA) is 75.8 Å². The fraction of sp³-hybridized carbons (Fsp3) is 0.462. The molecule has 1 atom stereocenters. The lowest BCUT2D eigenvalue weighted by Crippen LogP contribution is -2.22. The largest absolute Gasteiger partial charge is 0.462 e. The molecule has 3 N–H and O–H groups in total. The molecule has 18 heavy (non-hydrogen) atoms. The van der Waals surface area contributed by atoms with Gasteiger partial charge < -0.3 is 20.5 Å². The minimum atomic E-state index is -0.349. The number of carbonyl (C=O) groups is 1. The summed E-state index contributed by atoms with van der Waals surface area (Å²) in [6.45, 7) is 3.42. The summed E-state index contributed by atoms with van der Waals surface area (Å²) in [5.41, 5.74) is 7.80. The number of anilines is 2. The van der Waals surface area contributed by atoms with E-state index in [1.807, 2.05) is 4.90 Å². The summed E-state index contributed by atoms with van der Waals surface area (Å²) in [4.78, 5) is 13.6. The maximum Gasteiger partial charge on any atom is 0.338 e. The van der Waals surface area contributed by atoms with Gasteiger partial charge in [0.15, 0.2) is 0 Å². The monoisotopic (exact) mass is 250 g/mol. The van der Waals surface area contributed by atoms with E-state index in [1.54, 1.807) is 25.1 Å². The van der Waals surface area contributed by atoms with Crippen molar-refractivity contribution in [3.63, 3.8) is 0 Å². The second kappa shape index (κ2) is 5.27. The van der Waals surface area contributed by atoms with Crippen LogP contribution in [0.15, 0.2) is 18.2 Å². The van der Waals surface area contributed by atoms with Crippen molar-refractivity contribution < 1.29 is 14.6 Å². The number of benzene rings is 1. The van der Waals surface area contributed by atoms with Crippen LogP contribution in [0.3, 0.4) is 0 Å². The van der Waals surface area contributed by atoms with Crippen LogP contribution < -0.4 is 10.6 Å². The van der Waals surface area contributed by atoms with Gasteiger partial charge in [-0.05, 0) is 31.5 Å². The maximum atomic E-state index is 11.7. The van der Waals surface area contributed by atoms with Crippen molar-refractivity contribution in [3.05, 3.63) is 23.8 Å². The summed E-state index contributed by atoms with van der Waals surface area (Å²) < 4.78 is 4.96. The van der Waals surface area contributed by atoms with E-state index in [9.17, 15) is 9.90 Å². The molecule has 0 aromatic heterocycles. The lowest BCUT2D eigenvalue weighted by atomic mass is 10.1. The third-order valence-electron chi connectivity index (χ3n) is 3.05. The molecule has 0 aliphatic carbocycles. The fourth-order valence-corrected chi connectivity index (χ4v) is 2.12. The second-order valence-electron chi connectivity index (χ2n) is 4.38. The number of hydrogen-bond acceptors (Lipinski definition) is 5. The van der Waals surface area contributed by atoms with Crippen LogP contribution >= 0.6 is 0 Å². The van der Waals surface area contributed by atoms with Crippen molar-refractivity contribution in [1.82, 2.24) is 0 Å². The SMILES string of the molecule is CCOC(=O)c1ccc(N)c(N2CCC(O)C2)c1. The van der Waals surface area contributed by atoms with Gasteiger partial charge in [-0.1, -0.05) is 0 Å². The number of β-amino-alcohol motifs (C(OH)–C–C–N with tert-alkyl or cyclic N) is 1. The zero-order valence-electron chi connectivity index (χ0n) is 10.4. The minimum Gasteiger partial charge on any atom is -0.462 e. The molecule has 5 heteroatoms. The Hall–Kier alpha value is -1.75. The number of ether oxygens (including phenoxy) is 1. The van der Waals surface area contributed by atoms with E-state index in [4.69, 9.17) is 10.5 Å². The molecule has 1 saturated heterocycles. The molecule has 1 aliphatic heterocycles. The van der Waals surface area contributed by atoms with E-state index in [0.717, 1.165) is 18.7 Å². The first-order valence-corrected chi connectivity index (χ1v) is 6.11. The Labute approximate surface area is 106 Å². The number of carbonyl (C=O) groups excluding carboxylic acids is 1. The summed E-state index contributed by atoms with van der Waals surface area (Å²) >= 11 is 0. The molecule has 1 aromatic rings. The van der Waals surface area contributed by atoms with E-state index in [1.165, 1.54) is 0 Å². The van der Waals surface area contributed by atoms with Crippen LogP contribution in [0.2, 0.25) is 0 Å². The quantitative estimate of drug-likeness (QED) is 0.618. The molecule has 1 heterocycles. The number of rotatable bonds is 3. The Morgan fingerprint density at radius 2 is 2.39 bits per heavy atom. The van der Waals surface area contributed by atoms with Gasteiger partial charge in [-0.2, -0.15) is 0 Å². The first-order valence-electron chi connectivity index (χ1n) is 6.11. The first-order chi connectivity index (χ1) is 8.61. The first kappa shape index (κ1) is 12.7.